The SMILES string of the molecule is Cc1cccn2c(CN3CCCC(C)C3)c(-c3cccc(N)c3)nc12. The zero-order chi connectivity index (χ0) is 17.4. The Bertz CT molecular complexity index is 896. The Balaban J connectivity index is 1.82. The van der Waals surface area contributed by atoms with Crippen LogP contribution in [0.2, 0.25) is 0 Å². The Hall–Kier alpha value is -2.33. The van der Waals surface area contributed by atoms with Gasteiger partial charge in [-0.1, -0.05) is 25.1 Å². The molecule has 0 radical (unpaired) electrons. The first-order valence-corrected chi connectivity index (χ1v) is 9.16. The largest absolute Gasteiger partial charge is 0.399 e. The summed E-state index contributed by atoms with van der Waals surface area (Å²) in [6.45, 7) is 7.73. The number of benzene rings is 1. The maximum atomic E-state index is 6.03. The number of piperidine rings is 1. The predicted molar refractivity (Wildman–Crippen MR) is 103 cm³/mol. The lowest BCUT2D eigenvalue weighted by Crippen LogP contribution is -2.34. The molecule has 3 heterocycles. The van der Waals surface area contributed by atoms with Crippen LogP contribution in [0.3, 0.4) is 0 Å². The molecule has 0 aliphatic carbocycles. The second kappa shape index (κ2) is 6.52. The smallest absolute Gasteiger partial charge is 0.140 e. The Labute approximate surface area is 149 Å². The summed E-state index contributed by atoms with van der Waals surface area (Å²) in [4.78, 5) is 7.55. The van der Waals surface area contributed by atoms with E-state index in [9.17, 15) is 0 Å². The van der Waals surface area contributed by atoms with E-state index in [1.165, 1.54) is 30.6 Å². The summed E-state index contributed by atoms with van der Waals surface area (Å²) < 4.78 is 2.26. The highest BCUT2D eigenvalue weighted by Crippen LogP contribution is 2.29. The van der Waals surface area contributed by atoms with Crippen LogP contribution in [0, 0.1) is 12.8 Å². The molecule has 1 fully saturated rings. The molecule has 2 aromatic heterocycles. The lowest BCUT2D eigenvalue weighted by molar-refractivity contribution is 0.174. The van der Waals surface area contributed by atoms with Crippen molar-refractivity contribution in [3.63, 3.8) is 0 Å². The molecule has 1 unspecified atom stereocenters. The normalized spacial score (nSPS) is 18.7. The van der Waals surface area contributed by atoms with Gasteiger partial charge in [-0.25, -0.2) is 4.98 Å². The molecule has 1 atom stereocenters. The van der Waals surface area contributed by atoms with Crippen LogP contribution < -0.4 is 5.73 Å². The van der Waals surface area contributed by atoms with Gasteiger partial charge in [0.05, 0.1) is 11.4 Å². The van der Waals surface area contributed by atoms with Gasteiger partial charge in [-0.2, -0.15) is 0 Å². The van der Waals surface area contributed by atoms with Crippen LogP contribution in [-0.2, 0) is 6.54 Å². The van der Waals surface area contributed by atoms with E-state index in [2.05, 4.69) is 47.5 Å². The number of nitrogens with zero attached hydrogens (tertiary/aromatic N) is 3. The lowest BCUT2D eigenvalue weighted by Gasteiger charge is -2.30. The van der Waals surface area contributed by atoms with E-state index in [0.29, 0.717) is 0 Å². The summed E-state index contributed by atoms with van der Waals surface area (Å²) in [5, 5.41) is 0. The minimum absolute atomic E-state index is 0.769. The predicted octanol–water partition coefficient (Wildman–Crippen LogP) is 4.12. The summed E-state index contributed by atoms with van der Waals surface area (Å²) >= 11 is 0. The van der Waals surface area contributed by atoms with Crippen LogP contribution in [0.1, 0.15) is 31.0 Å². The van der Waals surface area contributed by atoms with Gasteiger partial charge in [-0.05, 0) is 56.0 Å². The second-order valence-electron chi connectivity index (χ2n) is 7.40. The third-order valence-corrected chi connectivity index (χ3v) is 5.22. The fourth-order valence-corrected chi connectivity index (χ4v) is 3.96. The average Bonchev–Trinajstić information content (AvgIpc) is 2.95. The number of aromatic nitrogens is 2. The molecular formula is C21H26N4. The first kappa shape index (κ1) is 16.2. The molecule has 3 aromatic rings. The third kappa shape index (κ3) is 3.14. The molecule has 1 aliphatic rings. The van der Waals surface area contributed by atoms with E-state index in [1.54, 1.807) is 0 Å². The molecule has 4 nitrogen and oxygen atoms in total. The highest BCUT2D eigenvalue weighted by molar-refractivity contribution is 5.70. The van der Waals surface area contributed by atoms with Crippen LogP contribution in [0.15, 0.2) is 42.6 Å². The molecule has 0 bridgehead atoms. The zero-order valence-electron chi connectivity index (χ0n) is 15.1. The molecule has 1 saturated heterocycles. The summed E-state index contributed by atoms with van der Waals surface area (Å²) in [6.07, 6.45) is 4.75. The van der Waals surface area contributed by atoms with E-state index in [0.717, 1.165) is 41.6 Å². The monoisotopic (exact) mass is 334 g/mol. The first-order chi connectivity index (χ1) is 12.1. The van der Waals surface area contributed by atoms with Gasteiger partial charge in [0.15, 0.2) is 0 Å². The lowest BCUT2D eigenvalue weighted by atomic mass is 10.00. The standard InChI is InChI=1S/C21H26N4/c1-15-6-4-10-24(13-15)14-19-20(17-8-3-9-18(22)12-17)23-21-16(2)7-5-11-25(19)21/h3,5,7-9,11-12,15H,4,6,10,13-14,22H2,1-2H3. The molecule has 1 aliphatic heterocycles. The molecule has 1 aromatic carbocycles. The summed E-state index contributed by atoms with van der Waals surface area (Å²) in [5.41, 5.74) is 12.5. The summed E-state index contributed by atoms with van der Waals surface area (Å²) in [6, 6.07) is 12.3. The van der Waals surface area contributed by atoms with Crippen molar-refractivity contribution in [2.75, 3.05) is 18.8 Å². The topological polar surface area (TPSA) is 46.6 Å². The number of anilines is 1. The number of hydrogen-bond donors (Lipinski definition) is 1. The number of likely N-dealkylation sites (tertiary alicyclic amines) is 1. The van der Waals surface area contributed by atoms with Gasteiger partial charge in [-0.3, -0.25) is 4.90 Å². The molecule has 2 N–H and O–H groups in total. The summed E-state index contributed by atoms with van der Waals surface area (Å²) in [7, 11) is 0. The highest BCUT2D eigenvalue weighted by Gasteiger charge is 2.21. The van der Waals surface area contributed by atoms with Crippen molar-refractivity contribution >= 4 is 11.3 Å². The van der Waals surface area contributed by atoms with Crippen molar-refractivity contribution in [2.24, 2.45) is 5.92 Å². The number of fused-ring (bicyclic) bond motifs is 1. The van der Waals surface area contributed by atoms with Crippen molar-refractivity contribution in [3.8, 4) is 11.3 Å². The molecular weight excluding hydrogens is 308 g/mol. The van der Waals surface area contributed by atoms with E-state index >= 15 is 0 Å². The number of nitrogen functional groups attached to an aromatic ring is 1. The van der Waals surface area contributed by atoms with Crippen molar-refractivity contribution in [2.45, 2.75) is 33.2 Å². The van der Waals surface area contributed by atoms with Crippen molar-refractivity contribution in [3.05, 3.63) is 53.9 Å². The fraction of sp³-hybridized carbons (Fsp3) is 0.381. The molecule has 0 saturated carbocycles. The van der Waals surface area contributed by atoms with Gasteiger partial charge in [0.25, 0.3) is 0 Å². The van der Waals surface area contributed by atoms with Crippen molar-refractivity contribution in [1.82, 2.24) is 14.3 Å². The maximum absolute atomic E-state index is 6.03. The van der Waals surface area contributed by atoms with Crippen molar-refractivity contribution in [1.29, 1.82) is 0 Å². The number of hydrogen-bond acceptors (Lipinski definition) is 3. The minimum atomic E-state index is 0.769. The molecule has 4 heteroatoms. The van der Waals surface area contributed by atoms with Gasteiger partial charge in [0, 0.05) is 30.5 Å². The number of pyridine rings is 1. The van der Waals surface area contributed by atoms with Gasteiger partial charge < -0.3 is 10.1 Å². The molecule has 4 rings (SSSR count). The maximum Gasteiger partial charge on any atom is 0.140 e. The van der Waals surface area contributed by atoms with Crippen molar-refractivity contribution < 1.29 is 0 Å². The van der Waals surface area contributed by atoms with Gasteiger partial charge >= 0.3 is 0 Å². The third-order valence-electron chi connectivity index (χ3n) is 5.22. The van der Waals surface area contributed by atoms with Crippen LogP contribution in [0.5, 0.6) is 0 Å². The Morgan fingerprint density at radius 1 is 1.24 bits per heavy atom. The molecule has 0 spiro atoms. The number of rotatable bonds is 3. The van der Waals surface area contributed by atoms with Crippen LogP contribution in [0.4, 0.5) is 5.69 Å². The average molecular weight is 334 g/mol. The Morgan fingerprint density at radius 3 is 2.92 bits per heavy atom. The van der Waals surface area contributed by atoms with Gasteiger partial charge in [0.2, 0.25) is 0 Å². The minimum Gasteiger partial charge on any atom is -0.399 e. The first-order valence-electron chi connectivity index (χ1n) is 9.16. The van der Waals surface area contributed by atoms with E-state index < -0.39 is 0 Å². The van der Waals surface area contributed by atoms with E-state index in [-0.39, 0.29) is 0 Å². The zero-order valence-corrected chi connectivity index (χ0v) is 15.1. The van der Waals surface area contributed by atoms with Crippen LogP contribution >= 0.6 is 0 Å². The Morgan fingerprint density at radius 2 is 2.12 bits per heavy atom. The molecule has 0 amide bonds. The summed E-state index contributed by atoms with van der Waals surface area (Å²) in [5.74, 6) is 0.769. The quantitative estimate of drug-likeness (QED) is 0.733. The molecule has 25 heavy (non-hydrogen) atoms. The highest BCUT2D eigenvalue weighted by atomic mass is 15.2. The van der Waals surface area contributed by atoms with E-state index in [4.69, 9.17) is 10.7 Å². The van der Waals surface area contributed by atoms with E-state index in [1.807, 2.05) is 18.2 Å². The molecule has 130 valence electrons. The number of imidazole rings is 1. The number of nitrogens with two attached hydrogens (primary N) is 1. The van der Waals surface area contributed by atoms with Crippen LogP contribution in [-0.4, -0.2) is 27.4 Å². The fourth-order valence-electron chi connectivity index (χ4n) is 3.96. The Kier molecular flexibility index (Phi) is 4.22. The number of aryl methyl sites for hydroxylation is 1. The van der Waals surface area contributed by atoms with Gasteiger partial charge in [0.1, 0.15) is 5.65 Å². The van der Waals surface area contributed by atoms with Gasteiger partial charge in [-0.15, -0.1) is 0 Å². The second-order valence-corrected chi connectivity index (χ2v) is 7.40. The van der Waals surface area contributed by atoms with Crippen LogP contribution in [0.25, 0.3) is 16.9 Å².